The first kappa shape index (κ1) is 18.5. The van der Waals surface area contributed by atoms with Gasteiger partial charge in [0.25, 0.3) is 5.56 Å². The third kappa shape index (κ3) is 3.48. The molecule has 28 heavy (non-hydrogen) atoms. The second-order valence-corrected chi connectivity index (χ2v) is 7.51. The topological polar surface area (TPSA) is 79.5 Å². The number of rotatable bonds is 3. The molecule has 0 bridgehead atoms. The Hall–Kier alpha value is -2.84. The fourth-order valence-electron chi connectivity index (χ4n) is 3.97. The first-order valence-electron chi connectivity index (χ1n) is 9.90. The number of piperidine rings is 1. The molecule has 0 N–H and O–H groups in total. The highest BCUT2D eigenvalue weighted by Crippen LogP contribution is 2.20. The summed E-state index contributed by atoms with van der Waals surface area (Å²) in [5, 5.41) is 8.87. The molecule has 0 unspecified atom stereocenters. The number of anilines is 3. The average Bonchev–Trinajstić information content (AvgIpc) is 2.76. The van der Waals surface area contributed by atoms with Gasteiger partial charge < -0.3 is 14.7 Å². The molecular weight excluding hydrogens is 358 g/mol. The van der Waals surface area contributed by atoms with Crippen LogP contribution in [0.1, 0.15) is 19.3 Å². The van der Waals surface area contributed by atoms with E-state index in [-0.39, 0.29) is 11.2 Å². The Balaban J connectivity index is 1.43. The van der Waals surface area contributed by atoms with Crippen molar-refractivity contribution < 1.29 is 0 Å². The molecule has 9 nitrogen and oxygen atoms in total. The van der Waals surface area contributed by atoms with E-state index in [1.54, 1.807) is 7.05 Å². The van der Waals surface area contributed by atoms with Crippen molar-refractivity contribution in [2.45, 2.75) is 19.3 Å². The summed E-state index contributed by atoms with van der Waals surface area (Å²) in [6, 6.07) is 5.63. The van der Waals surface area contributed by atoms with Crippen LogP contribution in [0.5, 0.6) is 0 Å². The van der Waals surface area contributed by atoms with Crippen LogP contribution >= 0.6 is 0 Å². The molecule has 150 valence electrons. The Morgan fingerprint density at radius 2 is 1.25 bits per heavy atom. The lowest BCUT2D eigenvalue weighted by Crippen LogP contribution is -2.49. The maximum atomic E-state index is 12.2. The van der Waals surface area contributed by atoms with E-state index in [0.717, 1.165) is 55.5 Å². The van der Waals surface area contributed by atoms with E-state index in [0.29, 0.717) is 5.82 Å². The summed E-state index contributed by atoms with van der Waals surface area (Å²) in [6.07, 6.45) is 3.73. The second kappa shape index (κ2) is 7.65. The molecule has 0 atom stereocenters. The Bertz CT molecular complexity index is 936. The van der Waals surface area contributed by atoms with Crippen molar-refractivity contribution in [2.75, 3.05) is 54.0 Å². The quantitative estimate of drug-likeness (QED) is 0.746. The first-order chi connectivity index (χ1) is 13.5. The molecule has 0 amide bonds. The lowest BCUT2D eigenvalue weighted by atomic mass is 10.1. The van der Waals surface area contributed by atoms with E-state index >= 15 is 0 Å². The number of hydrogen-bond acceptors (Lipinski definition) is 7. The Labute approximate surface area is 163 Å². The van der Waals surface area contributed by atoms with Gasteiger partial charge in [-0.1, -0.05) is 0 Å². The molecule has 0 aliphatic carbocycles. The largest absolute Gasteiger partial charge is 0.355 e. The lowest BCUT2D eigenvalue weighted by Gasteiger charge is -2.37. The SMILES string of the molecule is Cn1c(N2CCN(c3ccc(N4CCCCC4)nn3)CC2)cc(=O)n(C)c1=O. The lowest BCUT2D eigenvalue weighted by molar-refractivity contribution is 0.570. The summed E-state index contributed by atoms with van der Waals surface area (Å²) in [7, 11) is 3.20. The molecule has 2 saturated heterocycles. The number of hydrogen-bond donors (Lipinski definition) is 0. The molecule has 0 saturated carbocycles. The standard InChI is InChI=1S/C19H27N7O2/c1-22-17(14-18(27)23(2)19(22)28)26-12-10-25(11-13-26)16-7-6-15(20-21-16)24-8-4-3-5-9-24/h6-7,14H,3-5,8-13H2,1-2H3. The predicted molar refractivity (Wildman–Crippen MR) is 109 cm³/mol. The molecule has 4 rings (SSSR count). The van der Waals surface area contributed by atoms with Gasteiger partial charge in [-0.15, -0.1) is 10.2 Å². The molecular formula is C19H27N7O2. The van der Waals surface area contributed by atoms with Crippen LogP contribution in [-0.4, -0.2) is 58.6 Å². The normalized spacial score (nSPS) is 17.9. The minimum atomic E-state index is -0.302. The summed E-state index contributed by atoms with van der Waals surface area (Å²) >= 11 is 0. The Kier molecular flexibility index (Phi) is 5.06. The summed E-state index contributed by atoms with van der Waals surface area (Å²) < 4.78 is 2.66. The summed E-state index contributed by atoms with van der Waals surface area (Å²) in [4.78, 5) is 30.7. The van der Waals surface area contributed by atoms with E-state index in [1.165, 1.54) is 36.9 Å². The van der Waals surface area contributed by atoms with E-state index in [4.69, 9.17) is 0 Å². The van der Waals surface area contributed by atoms with E-state index in [2.05, 4.69) is 31.0 Å². The van der Waals surface area contributed by atoms with Crippen molar-refractivity contribution in [3.05, 3.63) is 39.0 Å². The van der Waals surface area contributed by atoms with Crippen molar-refractivity contribution in [1.82, 2.24) is 19.3 Å². The van der Waals surface area contributed by atoms with Crippen LogP contribution in [0.15, 0.2) is 27.8 Å². The van der Waals surface area contributed by atoms with Crippen LogP contribution in [0.2, 0.25) is 0 Å². The Morgan fingerprint density at radius 3 is 1.82 bits per heavy atom. The summed E-state index contributed by atoms with van der Waals surface area (Å²) in [5.74, 6) is 2.50. The molecule has 0 radical (unpaired) electrons. The van der Waals surface area contributed by atoms with Gasteiger partial charge in [-0.05, 0) is 31.4 Å². The molecule has 9 heteroatoms. The summed E-state index contributed by atoms with van der Waals surface area (Å²) in [5.41, 5.74) is -0.580. The van der Waals surface area contributed by atoms with E-state index in [9.17, 15) is 9.59 Å². The smallest absolute Gasteiger partial charge is 0.332 e. The predicted octanol–water partition coefficient (Wildman–Crippen LogP) is 0.191. The molecule has 2 aliphatic heterocycles. The Morgan fingerprint density at radius 1 is 0.714 bits per heavy atom. The highest BCUT2D eigenvalue weighted by Gasteiger charge is 2.22. The van der Waals surface area contributed by atoms with Gasteiger partial charge in [0, 0.05) is 59.4 Å². The maximum absolute atomic E-state index is 12.2. The molecule has 4 heterocycles. The van der Waals surface area contributed by atoms with Crippen LogP contribution in [0, 0.1) is 0 Å². The molecule has 2 fully saturated rings. The van der Waals surface area contributed by atoms with Crippen LogP contribution in [-0.2, 0) is 14.1 Å². The van der Waals surface area contributed by atoms with Gasteiger partial charge >= 0.3 is 5.69 Å². The zero-order valence-corrected chi connectivity index (χ0v) is 16.5. The average molecular weight is 385 g/mol. The third-order valence-corrected chi connectivity index (χ3v) is 5.74. The van der Waals surface area contributed by atoms with Gasteiger partial charge in [-0.25, -0.2) is 4.79 Å². The van der Waals surface area contributed by atoms with Gasteiger partial charge in [0.2, 0.25) is 0 Å². The summed E-state index contributed by atoms with van der Waals surface area (Å²) in [6.45, 7) is 5.08. The van der Waals surface area contributed by atoms with Gasteiger partial charge in [-0.3, -0.25) is 13.9 Å². The molecule has 2 aromatic rings. The van der Waals surface area contributed by atoms with Crippen LogP contribution < -0.4 is 25.9 Å². The molecule has 0 spiro atoms. The zero-order valence-electron chi connectivity index (χ0n) is 16.5. The van der Waals surface area contributed by atoms with Crippen molar-refractivity contribution in [3.63, 3.8) is 0 Å². The molecule has 2 aromatic heterocycles. The number of nitrogens with zero attached hydrogens (tertiary/aromatic N) is 7. The number of aromatic nitrogens is 4. The van der Waals surface area contributed by atoms with Crippen LogP contribution in [0.4, 0.5) is 17.5 Å². The fourth-order valence-corrected chi connectivity index (χ4v) is 3.97. The van der Waals surface area contributed by atoms with E-state index < -0.39 is 0 Å². The molecule has 0 aromatic carbocycles. The monoisotopic (exact) mass is 385 g/mol. The number of piperazine rings is 1. The van der Waals surface area contributed by atoms with Gasteiger partial charge in [-0.2, -0.15) is 0 Å². The maximum Gasteiger partial charge on any atom is 0.332 e. The van der Waals surface area contributed by atoms with Crippen molar-refractivity contribution in [1.29, 1.82) is 0 Å². The van der Waals surface area contributed by atoms with Gasteiger partial charge in [0.1, 0.15) is 5.82 Å². The van der Waals surface area contributed by atoms with Gasteiger partial charge in [0.15, 0.2) is 11.6 Å². The fraction of sp³-hybridized carbons (Fsp3) is 0.579. The van der Waals surface area contributed by atoms with Crippen molar-refractivity contribution in [2.24, 2.45) is 14.1 Å². The zero-order chi connectivity index (χ0) is 19.7. The van der Waals surface area contributed by atoms with Gasteiger partial charge in [0.05, 0.1) is 0 Å². The van der Waals surface area contributed by atoms with Crippen molar-refractivity contribution >= 4 is 17.5 Å². The van der Waals surface area contributed by atoms with E-state index in [1.807, 2.05) is 6.07 Å². The minimum absolute atomic E-state index is 0.278. The van der Waals surface area contributed by atoms with Crippen molar-refractivity contribution in [3.8, 4) is 0 Å². The van der Waals surface area contributed by atoms with Crippen LogP contribution in [0.3, 0.4) is 0 Å². The first-order valence-corrected chi connectivity index (χ1v) is 9.90. The highest BCUT2D eigenvalue weighted by atomic mass is 16.2. The van der Waals surface area contributed by atoms with Crippen LogP contribution in [0.25, 0.3) is 0 Å². The second-order valence-electron chi connectivity index (χ2n) is 7.51. The molecule has 2 aliphatic rings. The third-order valence-electron chi connectivity index (χ3n) is 5.74. The minimum Gasteiger partial charge on any atom is -0.355 e. The highest BCUT2D eigenvalue weighted by molar-refractivity contribution is 5.48.